The predicted octanol–water partition coefficient (Wildman–Crippen LogP) is 3.10. The van der Waals surface area contributed by atoms with Crippen molar-refractivity contribution in [3.8, 4) is 5.75 Å². The molecule has 0 atom stereocenters. The smallest absolute Gasteiger partial charge is 0.344 e. The number of hydrogen-bond acceptors (Lipinski definition) is 3. The monoisotopic (exact) mass is 260 g/mol. The quantitative estimate of drug-likeness (QED) is 0.763. The SMILES string of the molecule is CCc1cc#cc(OCC(=O)OC2(C)CCCC2)c1. The van der Waals surface area contributed by atoms with Crippen LogP contribution in [0.25, 0.3) is 0 Å². The van der Waals surface area contributed by atoms with E-state index < -0.39 is 0 Å². The van der Waals surface area contributed by atoms with Crippen LogP contribution >= 0.6 is 0 Å². The van der Waals surface area contributed by atoms with Crippen LogP contribution in [-0.4, -0.2) is 18.2 Å². The van der Waals surface area contributed by atoms with Crippen molar-refractivity contribution < 1.29 is 14.3 Å². The van der Waals surface area contributed by atoms with Gasteiger partial charge in [0.15, 0.2) is 12.4 Å². The average molecular weight is 260 g/mol. The van der Waals surface area contributed by atoms with Crippen molar-refractivity contribution >= 4 is 5.97 Å². The van der Waals surface area contributed by atoms with Crippen molar-refractivity contribution in [1.29, 1.82) is 0 Å². The second kappa shape index (κ2) is 5.97. The third-order valence-electron chi connectivity index (χ3n) is 3.54. The lowest BCUT2D eigenvalue weighted by Crippen LogP contribution is -2.30. The van der Waals surface area contributed by atoms with E-state index in [9.17, 15) is 4.79 Å². The van der Waals surface area contributed by atoms with Gasteiger partial charge in [-0.2, -0.15) is 0 Å². The molecule has 0 amide bonds. The maximum atomic E-state index is 11.8. The topological polar surface area (TPSA) is 35.5 Å². The van der Waals surface area contributed by atoms with Gasteiger partial charge >= 0.3 is 5.97 Å². The summed E-state index contributed by atoms with van der Waals surface area (Å²) in [5.41, 5.74) is 0.825. The molecule has 0 aliphatic heterocycles. The molecule has 0 saturated heterocycles. The zero-order valence-corrected chi connectivity index (χ0v) is 11.6. The van der Waals surface area contributed by atoms with Crippen LogP contribution in [0.1, 0.15) is 45.1 Å². The first kappa shape index (κ1) is 13.7. The molecule has 19 heavy (non-hydrogen) atoms. The Morgan fingerprint density at radius 3 is 2.84 bits per heavy atom. The number of ether oxygens (including phenoxy) is 2. The largest absolute Gasteiger partial charge is 0.474 e. The third kappa shape index (κ3) is 3.89. The summed E-state index contributed by atoms with van der Waals surface area (Å²) in [7, 11) is 0. The molecule has 1 aromatic rings. The number of rotatable bonds is 5. The van der Waals surface area contributed by atoms with E-state index in [0.717, 1.165) is 37.7 Å². The van der Waals surface area contributed by atoms with E-state index in [1.54, 1.807) is 0 Å². The van der Waals surface area contributed by atoms with Gasteiger partial charge in [0.25, 0.3) is 0 Å². The maximum Gasteiger partial charge on any atom is 0.344 e. The van der Waals surface area contributed by atoms with Crippen LogP contribution in [-0.2, 0) is 16.0 Å². The van der Waals surface area contributed by atoms with Crippen molar-refractivity contribution in [2.24, 2.45) is 0 Å². The number of carbonyl (C=O) groups is 1. The Morgan fingerprint density at radius 1 is 1.42 bits per heavy atom. The Morgan fingerprint density at radius 2 is 2.16 bits per heavy atom. The zero-order chi connectivity index (χ0) is 13.7. The van der Waals surface area contributed by atoms with E-state index in [1.165, 1.54) is 0 Å². The van der Waals surface area contributed by atoms with Crippen molar-refractivity contribution in [3.05, 3.63) is 29.8 Å². The number of carbonyl (C=O) groups excluding carboxylic acids is 1. The molecule has 2 rings (SSSR count). The normalized spacial score (nSPS) is 16.7. The Balaban J connectivity index is 1.82. The second-order valence-corrected chi connectivity index (χ2v) is 5.27. The fourth-order valence-electron chi connectivity index (χ4n) is 2.39. The van der Waals surface area contributed by atoms with Gasteiger partial charge in [0.05, 0.1) is 0 Å². The fraction of sp³-hybridized carbons (Fsp3) is 0.562. The van der Waals surface area contributed by atoms with Gasteiger partial charge in [0, 0.05) is 0 Å². The standard InChI is InChI=1S/C16H20O3/c1-3-13-7-6-8-14(11-13)18-12-15(17)19-16(2)9-4-5-10-16/h7,11H,3-5,9-10,12H2,1-2H3. The highest BCUT2D eigenvalue weighted by atomic mass is 16.6. The zero-order valence-electron chi connectivity index (χ0n) is 11.6. The van der Waals surface area contributed by atoms with E-state index in [0.29, 0.717) is 5.75 Å². The lowest BCUT2D eigenvalue weighted by atomic mass is 10.1. The summed E-state index contributed by atoms with van der Waals surface area (Å²) in [6.45, 7) is 3.99. The minimum Gasteiger partial charge on any atom is -0.474 e. The van der Waals surface area contributed by atoms with Crippen LogP contribution in [0.15, 0.2) is 12.1 Å². The van der Waals surface area contributed by atoms with Gasteiger partial charge in [-0.25, -0.2) is 4.79 Å². The first-order chi connectivity index (χ1) is 9.11. The Labute approximate surface area is 114 Å². The third-order valence-corrected chi connectivity index (χ3v) is 3.54. The molecule has 3 nitrogen and oxygen atoms in total. The predicted molar refractivity (Wildman–Crippen MR) is 72.0 cm³/mol. The molecule has 3 heteroatoms. The van der Waals surface area contributed by atoms with Gasteiger partial charge in [-0.3, -0.25) is 0 Å². The molecule has 1 fully saturated rings. The second-order valence-electron chi connectivity index (χ2n) is 5.27. The molecule has 1 saturated carbocycles. The fourth-order valence-corrected chi connectivity index (χ4v) is 2.39. The molecule has 0 radical (unpaired) electrons. The molecule has 0 aromatic heterocycles. The van der Waals surface area contributed by atoms with Crippen molar-refractivity contribution in [2.45, 2.75) is 51.6 Å². The maximum absolute atomic E-state index is 11.8. The molecule has 0 spiro atoms. The Kier molecular flexibility index (Phi) is 4.31. The van der Waals surface area contributed by atoms with Gasteiger partial charge in [0.1, 0.15) is 5.60 Å². The number of aryl methyl sites for hydroxylation is 1. The Hall–Kier alpha value is -1.69. The van der Waals surface area contributed by atoms with Crippen LogP contribution in [0, 0.1) is 12.1 Å². The van der Waals surface area contributed by atoms with Gasteiger partial charge in [-0.1, -0.05) is 13.0 Å². The summed E-state index contributed by atoms with van der Waals surface area (Å²) in [5, 5.41) is 0. The summed E-state index contributed by atoms with van der Waals surface area (Å²) in [5.74, 6) is 0.243. The number of hydrogen-bond donors (Lipinski definition) is 0. The molecule has 1 aliphatic rings. The summed E-state index contributed by atoms with van der Waals surface area (Å²) < 4.78 is 10.9. The number of esters is 1. The Bertz CT molecular complexity index is 433. The minimum absolute atomic E-state index is 0.0624. The minimum atomic E-state index is -0.306. The van der Waals surface area contributed by atoms with E-state index in [2.05, 4.69) is 19.1 Å². The van der Waals surface area contributed by atoms with E-state index in [1.807, 2.05) is 19.1 Å². The summed E-state index contributed by atoms with van der Waals surface area (Å²) >= 11 is 0. The highest BCUT2D eigenvalue weighted by Gasteiger charge is 2.32. The molecule has 102 valence electrons. The molecule has 1 aromatic carbocycles. The lowest BCUT2D eigenvalue weighted by molar-refractivity contribution is -0.159. The molecule has 1 aliphatic carbocycles. The molecule has 0 unspecified atom stereocenters. The van der Waals surface area contributed by atoms with Gasteiger partial charge in [-0.15, -0.1) is 0 Å². The van der Waals surface area contributed by atoms with Crippen LogP contribution < -0.4 is 4.74 Å². The molecular formula is C16H20O3. The summed E-state index contributed by atoms with van der Waals surface area (Å²) in [6, 6.07) is 9.47. The van der Waals surface area contributed by atoms with Gasteiger partial charge in [-0.05, 0) is 62.8 Å². The van der Waals surface area contributed by atoms with Gasteiger partial charge < -0.3 is 9.47 Å². The summed E-state index contributed by atoms with van der Waals surface area (Å²) in [4.78, 5) is 11.8. The van der Waals surface area contributed by atoms with Crippen LogP contribution in [0.2, 0.25) is 0 Å². The van der Waals surface area contributed by atoms with Crippen LogP contribution in [0.3, 0.4) is 0 Å². The first-order valence-electron chi connectivity index (χ1n) is 6.88. The van der Waals surface area contributed by atoms with Crippen molar-refractivity contribution in [1.82, 2.24) is 0 Å². The van der Waals surface area contributed by atoms with Crippen molar-refractivity contribution in [3.63, 3.8) is 0 Å². The van der Waals surface area contributed by atoms with E-state index >= 15 is 0 Å². The first-order valence-corrected chi connectivity index (χ1v) is 6.88. The van der Waals surface area contributed by atoms with E-state index in [-0.39, 0.29) is 18.2 Å². The molecule has 0 bridgehead atoms. The van der Waals surface area contributed by atoms with Gasteiger partial charge in [0.2, 0.25) is 0 Å². The summed E-state index contributed by atoms with van der Waals surface area (Å²) in [6.07, 6.45) is 5.07. The van der Waals surface area contributed by atoms with Crippen molar-refractivity contribution in [2.75, 3.05) is 6.61 Å². The molecule has 0 heterocycles. The highest BCUT2D eigenvalue weighted by Crippen LogP contribution is 2.32. The van der Waals surface area contributed by atoms with Crippen LogP contribution in [0.4, 0.5) is 0 Å². The highest BCUT2D eigenvalue weighted by molar-refractivity contribution is 5.71. The van der Waals surface area contributed by atoms with Crippen LogP contribution in [0.5, 0.6) is 5.75 Å². The molecule has 0 N–H and O–H groups in total. The average Bonchev–Trinajstić information content (AvgIpc) is 2.83. The van der Waals surface area contributed by atoms with E-state index in [4.69, 9.17) is 9.47 Å². The molecular weight excluding hydrogens is 240 g/mol. The lowest BCUT2D eigenvalue weighted by Gasteiger charge is -2.23.